The van der Waals surface area contributed by atoms with E-state index in [0.717, 1.165) is 42.3 Å². The maximum absolute atomic E-state index is 9.90. The number of piperidine rings is 1. The molecule has 3 N–H and O–H groups in total. The number of hydrogen-bond acceptors (Lipinski definition) is 7. The van der Waals surface area contributed by atoms with Gasteiger partial charge in [-0.2, -0.15) is 0 Å². The van der Waals surface area contributed by atoms with Crippen molar-refractivity contribution in [3.8, 4) is 0 Å². The van der Waals surface area contributed by atoms with E-state index in [1.807, 2.05) is 6.92 Å². The van der Waals surface area contributed by atoms with Crippen molar-refractivity contribution in [3.05, 3.63) is 33.8 Å². The normalized spacial score (nSPS) is 17.6. The summed E-state index contributed by atoms with van der Waals surface area (Å²) in [6.45, 7) is 7.73. The van der Waals surface area contributed by atoms with Crippen molar-refractivity contribution in [2.75, 3.05) is 18.0 Å². The largest absolute Gasteiger partial charge is 0.390 e. The van der Waals surface area contributed by atoms with E-state index in [2.05, 4.69) is 28.7 Å². The van der Waals surface area contributed by atoms with Gasteiger partial charge in [0.1, 0.15) is 15.9 Å². The minimum Gasteiger partial charge on any atom is -0.390 e. The summed E-state index contributed by atoms with van der Waals surface area (Å²) in [6.07, 6.45) is 3.57. The van der Waals surface area contributed by atoms with E-state index in [9.17, 15) is 5.11 Å². The highest BCUT2D eigenvalue weighted by molar-refractivity contribution is 7.99. The lowest BCUT2D eigenvalue weighted by atomic mass is 9.75. The standard InChI is InChI=1S/C19H25Cl2N5OS/c1-11-18(28-14-4-7-23-16(21)15(14)20)25-13(10-27)17(24-11)26-8-5-19(3,6-9-26)12(2)22/h4,7,12,27H,5-6,8-10,22H2,1-3H3. The number of halogens is 2. The summed E-state index contributed by atoms with van der Waals surface area (Å²) in [5, 5.41) is 11.2. The fourth-order valence-electron chi connectivity index (χ4n) is 3.25. The number of hydrogen-bond donors (Lipinski definition) is 2. The van der Waals surface area contributed by atoms with Gasteiger partial charge in [-0.05, 0) is 38.2 Å². The first kappa shape index (κ1) is 21.6. The number of aliphatic hydroxyl groups excluding tert-OH is 1. The van der Waals surface area contributed by atoms with Crippen LogP contribution in [0.2, 0.25) is 10.2 Å². The number of aryl methyl sites for hydroxylation is 1. The summed E-state index contributed by atoms with van der Waals surface area (Å²) in [4.78, 5) is 16.3. The fourth-order valence-corrected chi connectivity index (χ4v) is 4.56. The molecule has 1 fully saturated rings. The Hall–Kier alpha value is -1.12. The van der Waals surface area contributed by atoms with Gasteiger partial charge in [0.05, 0.1) is 17.3 Å². The first-order chi connectivity index (χ1) is 13.2. The molecule has 3 heterocycles. The van der Waals surface area contributed by atoms with Crippen LogP contribution in [0, 0.1) is 12.3 Å². The Balaban J connectivity index is 1.85. The number of aliphatic hydroxyl groups is 1. The van der Waals surface area contributed by atoms with Gasteiger partial charge in [-0.25, -0.2) is 15.0 Å². The summed E-state index contributed by atoms with van der Waals surface area (Å²) in [7, 11) is 0. The number of pyridine rings is 1. The van der Waals surface area contributed by atoms with Gasteiger partial charge < -0.3 is 15.7 Å². The molecule has 1 saturated heterocycles. The first-order valence-corrected chi connectivity index (χ1v) is 10.8. The smallest absolute Gasteiger partial charge is 0.153 e. The predicted octanol–water partition coefficient (Wildman–Crippen LogP) is 4.08. The molecule has 1 aliphatic heterocycles. The van der Waals surface area contributed by atoms with Crippen LogP contribution >= 0.6 is 35.0 Å². The third kappa shape index (κ3) is 4.39. The molecule has 1 aliphatic rings. The highest BCUT2D eigenvalue weighted by atomic mass is 35.5. The molecule has 6 nitrogen and oxygen atoms in total. The third-order valence-corrected chi connectivity index (χ3v) is 7.57. The Morgan fingerprint density at radius 1 is 1.32 bits per heavy atom. The van der Waals surface area contributed by atoms with Gasteiger partial charge >= 0.3 is 0 Å². The van der Waals surface area contributed by atoms with Gasteiger partial charge in [0, 0.05) is 30.2 Å². The summed E-state index contributed by atoms with van der Waals surface area (Å²) in [5.41, 5.74) is 7.64. The van der Waals surface area contributed by atoms with Crippen LogP contribution in [0.3, 0.4) is 0 Å². The zero-order valence-corrected chi connectivity index (χ0v) is 18.6. The molecule has 2 aromatic rings. The Kier molecular flexibility index (Phi) is 6.72. The topological polar surface area (TPSA) is 88.2 Å². The van der Waals surface area contributed by atoms with E-state index >= 15 is 0 Å². The molecule has 0 aromatic carbocycles. The van der Waals surface area contributed by atoms with E-state index < -0.39 is 0 Å². The number of aromatic nitrogens is 3. The van der Waals surface area contributed by atoms with E-state index in [4.69, 9.17) is 33.9 Å². The highest BCUT2D eigenvalue weighted by Gasteiger charge is 2.34. The van der Waals surface area contributed by atoms with E-state index in [0.29, 0.717) is 15.7 Å². The highest BCUT2D eigenvalue weighted by Crippen LogP contribution is 2.38. The van der Waals surface area contributed by atoms with Crippen molar-refractivity contribution in [2.24, 2.45) is 11.1 Å². The second-order valence-electron chi connectivity index (χ2n) is 7.49. The molecule has 0 spiro atoms. The van der Waals surface area contributed by atoms with Crippen molar-refractivity contribution in [1.82, 2.24) is 15.0 Å². The first-order valence-electron chi connectivity index (χ1n) is 9.22. The lowest BCUT2D eigenvalue weighted by Crippen LogP contribution is -2.47. The van der Waals surface area contributed by atoms with Crippen molar-refractivity contribution in [1.29, 1.82) is 0 Å². The predicted molar refractivity (Wildman–Crippen MR) is 114 cm³/mol. The molecule has 1 atom stereocenters. The molecule has 9 heteroatoms. The van der Waals surface area contributed by atoms with Gasteiger partial charge in [0.15, 0.2) is 5.82 Å². The van der Waals surface area contributed by atoms with Crippen molar-refractivity contribution < 1.29 is 5.11 Å². The van der Waals surface area contributed by atoms with Gasteiger partial charge in [0.2, 0.25) is 0 Å². The summed E-state index contributed by atoms with van der Waals surface area (Å²) >= 11 is 13.6. The van der Waals surface area contributed by atoms with Gasteiger partial charge in [0.25, 0.3) is 0 Å². The lowest BCUT2D eigenvalue weighted by molar-refractivity contribution is 0.204. The van der Waals surface area contributed by atoms with Crippen LogP contribution in [0.1, 0.15) is 38.1 Å². The molecular weight excluding hydrogens is 417 g/mol. The van der Waals surface area contributed by atoms with Gasteiger partial charge in [-0.1, -0.05) is 41.9 Å². The van der Waals surface area contributed by atoms with Crippen LogP contribution in [0.25, 0.3) is 0 Å². The van der Waals surface area contributed by atoms with E-state index in [1.54, 1.807) is 12.3 Å². The Morgan fingerprint density at radius 3 is 2.61 bits per heavy atom. The van der Waals surface area contributed by atoms with E-state index in [1.165, 1.54) is 11.8 Å². The van der Waals surface area contributed by atoms with Crippen LogP contribution in [0.4, 0.5) is 5.82 Å². The van der Waals surface area contributed by atoms with Crippen LogP contribution < -0.4 is 10.6 Å². The fraction of sp³-hybridized carbons (Fsp3) is 0.526. The maximum Gasteiger partial charge on any atom is 0.153 e. The Bertz CT molecular complexity index is 856. The molecule has 0 bridgehead atoms. The van der Waals surface area contributed by atoms with Crippen molar-refractivity contribution in [3.63, 3.8) is 0 Å². The number of nitrogens with zero attached hydrogens (tertiary/aromatic N) is 4. The zero-order valence-electron chi connectivity index (χ0n) is 16.2. The monoisotopic (exact) mass is 441 g/mol. The maximum atomic E-state index is 9.90. The second kappa shape index (κ2) is 8.71. The number of rotatable bonds is 5. The lowest BCUT2D eigenvalue weighted by Gasteiger charge is -2.42. The molecule has 0 saturated carbocycles. The number of anilines is 1. The van der Waals surface area contributed by atoms with Gasteiger partial charge in [-0.3, -0.25) is 0 Å². The average Bonchev–Trinajstić information content (AvgIpc) is 2.67. The second-order valence-corrected chi connectivity index (χ2v) is 9.25. The Labute approximate surface area is 179 Å². The Morgan fingerprint density at radius 2 is 2.00 bits per heavy atom. The minimum absolute atomic E-state index is 0.130. The molecule has 2 aromatic heterocycles. The zero-order chi connectivity index (χ0) is 20.5. The van der Waals surface area contributed by atoms with E-state index in [-0.39, 0.29) is 23.2 Å². The molecule has 28 heavy (non-hydrogen) atoms. The summed E-state index contributed by atoms with van der Waals surface area (Å²) < 4.78 is 0. The van der Waals surface area contributed by atoms with Crippen molar-refractivity contribution >= 4 is 40.8 Å². The van der Waals surface area contributed by atoms with Crippen LogP contribution in [0.15, 0.2) is 22.2 Å². The molecular formula is C19H25Cl2N5OS. The molecule has 152 valence electrons. The van der Waals surface area contributed by atoms with Crippen LogP contribution in [-0.4, -0.2) is 39.2 Å². The van der Waals surface area contributed by atoms with Crippen LogP contribution in [0.5, 0.6) is 0 Å². The minimum atomic E-state index is -0.179. The quantitative estimate of drug-likeness (QED) is 0.675. The van der Waals surface area contributed by atoms with Crippen molar-refractivity contribution in [2.45, 2.75) is 56.2 Å². The SMILES string of the molecule is Cc1nc(N2CCC(C)(C(C)N)CC2)c(CO)nc1Sc1ccnc(Cl)c1Cl. The molecule has 0 radical (unpaired) electrons. The van der Waals surface area contributed by atoms with Gasteiger partial charge in [-0.15, -0.1) is 0 Å². The summed E-state index contributed by atoms with van der Waals surface area (Å²) in [5.74, 6) is 0.745. The third-order valence-electron chi connectivity index (χ3n) is 5.55. The molecule has 0 amide bonds. The molecule has 1 unspecified atom stereocenters. The number of nitrogens with two attached hydrogens (primary N) is 1. The molecule has 0 aliphatic carbocycles. The van der Waals surface area contributed by atoms with Crippen LogP contribution in [-0.2, 0) is 6.61 Å². The average molecular weight is 442 g/mol. The molecule has 3 rings (SSSR count). The summed E-state index contributed by atoms with van der Waals surface area (Å²) in [6, 6.07) is 1.93.